The molecule has 1 fully saturated rings. The zero-order chi connectivity index (χ0) is 15.2. The molecule has 7 heteroatoms. The van der Waals surface area contributed by atoms with Crippen LogP contribution in [0.1, 0.15) is 11.1 Å². The predicted octanol–water partition coefficient (Wildman–Crippen LogP) is -0.0403. The van der Waals surface area contributed by atoms with Gasteiger partial charge in [-0.05, 0) is 24.1 Å². The maximum absolute atomic E-state index is 12.0. The van der Waals surface area contributed by atoms with Crippen molar-refractivity contribution in [1.29, 1.82) is 5.26 Å². The summed E-state index contributed by atoms with van der Waals surface area (Å²) in [7, 11) is 0. The third-order valence-electron chi connectivity index (χ3n) is 3.71. The molecule has 0 spiro atoms. The molecular formula is C15H19ClN4O2. The summed E-state index contributed by atoms with van der Waals surface area (Å²) in [6, 6.07) is 9.30. The van der Waals surface area contributed by atoms with Crippen LogP contribution in [-0.2, 0) is 16.0 Å². The Morgan fingerprint density at radius 1 is 1.27 bits per heavy atom. The number of hydrogen-bond donors (Lipinski definition) is 3. The topological polar surface area (TPSA) is 108 Å². The summed E-state index contributed by atoms with van der Waals surface area (Å²) in [5.74, 6) is -1.40. The molecule has 0 aliphatic carbocycles. The summed E-state index contributed by atoms with van der Waals surface area (Å²) < 4.78 is 0. The third-order valence-corrected chi connectivity index (χ3v) is 3.71. The SMILES string of the molecule is Cl.N#Cc1ccc(CCNC(=O)C2CNCC2C(N)=O)cc1. The first-order chi connectivity index (χ1) is 10.1. The van der Waals surface area contributed by atoms with Crippen molar-refractivity contribution in [1.82, 2.24) is 10.6 Å². The molecule has 2 amide bonds. The summed E-state index contributed by atoms with van der Waals surface area (Å²) in [6.45, 7) is 1.44. The van der Waals surface area contributed by atoms with Gasteiger partial charge in [-0.25, -0.2) is 0 Å². The first-order valence-corrected chi connectivity index (χ1v) is 6.88. The molecule has 1 aromatic rings. The number of nitriles is 1. The maximum Gasteiger partial charge on any atom is 0.225 e. The Hall–Kier alpha value is -2.10. The minimum absolute atomic E-state index is 0. The van der Waals surface area contributed by atoms with Gasteiger partial charge >= 0.3 is 0 Å². The molecular weight excluding hydrogens is 304 g/mol. The van der Waals surface area contributed by atoms with Crippen molar-refractivity contribution in [2.75, 3.05) is 19.6 Å². The highest BCUT2D eigenvalue weighted by atomic mass is 35.5. The average Bonchev–Trinajstić information content (AvgIpc) is 2.97. The van der Waals surface area contributed by atoms with Gasteiger partial charge in [-0.1, -0.05) is 12.1 Å². The van der Waals surface area contributed by atoms with Crippen LogP contribution in [0.5, 0.6) is 0 Å². The second-order valence-corrected chi connectivity index (χ2v) is 5.12. The number of nitrogens with two attached hydrogens (primary N) is 1. The van der Waals surface area contributed by atoms with E-state index in [0.717, 1.165) is 5.56 Å². The summed E-state index contributed by atoms with van der Waals surface area (Å²) in [4.78, 5) is 23.3. The molecule has 2 atom stereocenters. The Bertz CT molecular complexity index is 568. The molecule has 2 rings (SSSR count). The van der Waals surface area contributed by atoms with Gasteiger partial charge < -0.3 is 16.4 Å². The van der Waals surface area contributed by atoms with Gasteiger partial charge in [-0.2, -0.15) is 5.26 Å². The van der Waals surface area contributed by atoms with E-state index < -0.39 is 11.8 Å². The number of carbonyl (C=O) groups excluding carboxylic acids is 2. The van der Waals surface area contributed by atoms with E-state index in [0.29, 0.717) is 31.6 Å². The molecule has 0 saturated carbocycles. The van der Waals surface area contributed by atoms with Gasteiger partial charge in [0, 0.05) is 19.6 Å². The van der Waals surface area contributed by atoms with Gasteiger partial charge in [0.15, 0.2) is 0 Å². The minimum atomic E-state index is -0.438. The lowest BCUT2D eigenvalue weighted by atomic mass is 9.94. The number of primary amides is 1. The van der Waals surface area contributed by atoms with Crippen LogP contribution in [0.3, 0.4) is 0 Å². The van der Waals surface area contributed by atoms with Crippen LogP contribution in [0.2, 0.25) is 0 Å². The number of nitrogens with one attached hydrogen (secondary N) is 2. The van der Waals surface area contributed by atoms with Gasteiger partial charge in [-0.3, -0.25) is 9.59 Å². The number of halogens is 1. The van der Waals surface area contributed by atoms with E-state index in [1.54, 1.807) is 12.1 Å². The summed E-state index contributed by atoms with van der Waals surface area (Å²) in [5, 5.41) is 14.6. The fourth-order valence-corrected chi connectivity index (χ4v) is 2.46. The van der Waals surface area contributed by atoms with E-state index in [1.165, 1.54) is 0 Å². The van der Waals surface area contributed by atoms with Gasteiger partial charge in [0.2, 0.25) is 11.8 Å². The first-order valence-electron chi connectivity index (χ1n) is 6.88. The molecule has 6 nitrogen and oxygen atoms in total. The largest absolute Gasteiger partial charge is 0.369 e. The highest BCUT2D eigenvalue weighted by Gasteiger charge is 2.36. The lowest BCUT2D eigenvalue weighted by molar-refractivity contribution is -0.131. The van der Waals surface area contributed by atoms with Gasteiger partial charge in [0.25, 0.3) is 0 Å². The standard InChI is InChI=1S/C15H18N4O2.ClH/c16-7-11-3-1-10(2-4-11)5-6-19-15(21)13-9-18-8-12(13)14(17)20;/h1-4,12-13,18H,5-6,8-9H2,(H2,17,20)(H,19,21);1H. The fourth-order valence-electron chi connectivity index (χ4n) is 2.46. The Morgan fingerprint density at radius 2 is 1.91 bits per heavy atom. The number of rotatable bonds is 5. The highest BCUT2D eigenvalue weighted by molar-refractivity contribution is 5.87. The van der Waals surface area contributed by atoms with E-state index in [4.69, 9.17) is 11.0 Å². The van der Waals surface area contributed by atoms with Crippen LogP contribution in [0, 0.1) is 23.2 Å². The number of nitrogens with zero attached hydrogens (tertiary/aromatic N) is 1. The monoisotopic (exact) mass is 322 g/mol. The number of carbonyl (C=O) groups is 2. The van der Waals surface area contributed by atoms with E-state index in [-0.39, 0.29) is 24.2 Å². The first kappa shape index (κ1) is 18.0. The highest BCUT2D eigenvalue weighted by Crippen LogP contribution is 2.16. The lowest BCUT2D eigenvalue weighted by Crippen LogP contribution is -2.40. The second-order valence-electron chi connectivity index (χ2n) is 5.12. The van der Waals surface area contributed by atoms with E-state index in [9.17, 15) is 9.59 Å². The van der Waals surface area contributed by atoms with Crippen molar-refractivity contribution in [3.63, 3.8) is 0 Å². The summed E-state index contributed by atoms with van der Waals surface area (Å²) in [6.07, 6.45) is 0.679. The molecule has 1 aromatic carbocycles. The van der Waals surface area contributed by atoms with Crippen LogP contribution >= 0.6 is 12.4 Å². The molecule has 2 unspecified atom stereocenters. The normalized spacial score (nSPS) is 19.8. The van der Waals surface area contributed by atoms with Gasteiger partial charge in [0.05, 0.1) is 23.5 Å². The quantitative estimate of drug-likeness (QED) is 0.706. The van der Waals surface area contributed by atoms with Crippen LogP contribution < -0.4 is 16.4 Å². The third kappa shape index (κ3) is 4.45. The average molecular weight is 323 g/mol. The van der Waals surface area contributed by atoms with Crippen molar-refractivity contribution in [2.45, 2.75) is 6.42 Å². The van der Waals surface area contributed by atoms with Crippen molar-refractivity contribution < 1.29 is 9.59 Å². The van der Waals surface area contributed by atoms with Crippen LogP contribution in [0.4, 0.5) is 0 Å². The maximum atomic E-state index is 12.0. The molecule has 1 aliphatic heterocycles. The number of hydrogen-bond acceptors (Lipinski definition) is 4. The fraction of sp³-hybridized carbons (Fsp3) is 0.400. The summed E-state index contributed by atoms with van der Waals surface area (Å²) >= 11 is 0. The van der Waals surface area contributed by atoms with E-state index in [1.807, 2.05) is 12.1 Å². The summed E-state index contributed by atoms with van der Waals surface area (Å²) in [5.41, 5.74) is 6.95. The number of amides is 2. The molecule has 4 N–H and O–H groups in total. The van der Waals surface area contributed by atoms with Crippen LogP contribution in [-0.4, -0.2) is 31.4 Å². The Morgan fingerprint density at radius 3 is 2.50 bits per heavy atom. The second kappa shape index (κ2) is 8.37. The molecule has 1 saturated heterocycles. The molecule has 22 heavy (non-hydrogen) atoms. The van der Waals surface area contributed by atoms with Crippen LogP contribution in [0.15, 0.2) is 24.3 Å². The molecule has 118 valence electrons. The molecule has 0 aromatic heterocycles. The van der Waals surface area contributed by atoms with Gasteiger partial charge in [-0.15, -0.1) is 12.4 Å². The Labute approximate surface area is 135 Å². The van der Waals surface area contributed by atoms with Crippen molar-refractivity contribution in [3.05, 3.63) is 35.4 Å². The van der Waals surface area contributed by atoms with E-state index in [2.05, 4.69) is 16.7 Å². The zero-order valence-corrected chi connectivity index (χ0v) is 12.9. The van der Waals surface area contributed by atoms with Gasteiger partial charge in [0.1, 0.15) is 0 Å². The Balaban J connectivity index is 0.00000242. The Kier molecular flexibility index (Phi) is 6.83. The van der Waals surface area contributed by atoms with Crippen molar-refractivity contribution in [2.24, 2.45) is 17.6 Å². The molecule has 0 bridgehead atoms. The molecule has 0 radical (unpaired) electrons. The minimum Gasteiger partial charge on any atom is -0.369 e. The zero-order valence-electron chi connectivity index (χ0n) is 12.0. The number of benzene rings is 1. The molecule has 1 heterocycles. The van der Waals surface area contributed by atoms with Crippen molar-refractivity contribution >= 4 is 24.2 Å². The lowest BCUT2D eigenvalue weighted by Gasteiger charge is -2.15. The predicted molar refractivity (Wildman–Crippen MR) is 84.2 cm³/mol. The van der Waals surface area contributed by atoms with Crippen molar-refractivity contribution in [3.8, 4) is 6.07 Å². The smallest absolute Gasteiger partial charge is 0.225 e. The van der Waals surface area contributed by atoms with E-state index >= 15 is 0 Å². The van der Waals surface area contributed by atoms with Crippen LogP contribution in [0.25, 0.3) is 0 Å². The molecule has 1 aliphatic rings.